The van der Waals surface area contributed by atoms with Crippen molar-refractivity contribution in [1.82, 2.24) is 5.32 Å². The van der Waals surface area contributed by atoms with Gasteiger partial charge in [0, 0.05) is 0 Å². The van der Waals surface area contributed by atoms with Crippen LogP contribution in [-0.2, 0) is 19.4 Å². The summed E-state index contributed by atoms with van der Waals surface area (Å²) in [7, 11) is -2.99. The van der Waals surface area contributed by atoms with Crippen molar-refractivity contribution in [3.05, 3.63) is 29.6 Å². The Bertz CT molecular complexity index is 887. The monoisotopic (exact) mass is 398 g/mol. The highest BCUT2D eigenvalue weighted by atomic mass is 32.2. The lowest BCUT2D eigenvalue weighted by atomic mass is 10.1. The van der Waals surface area contributed by atoms with Gasteiger partial charge in [0.15, 0.2) is 9.84 Å². The number of sulfone groups is 1. The van der Waals surface area contributed by atoms with E-state index in [1.807, 2.05) is 0 Å². The normalized spacial score (nSPS) is 30.7. The van der Waals surface area contributed by atoms with Crippen LogP contribution in [0.5, 0.6) is 0 Å². The van der Waals surface area contributed by atoms with E-state index in [9.17, 15) is 22.4 Å². The third-order valence-electron chi connectivity index (χ3n) is 5.42. The van der Waals surface area contributed by atoms with Crippen LogP contribution in [0, 0.1) is 17.7 Å². The van der Waals surface area contributed by atoms with E-state index >= 15 is 0 Å². The molecule has 8 nitrogen and oxygen atoms in total. The number of aliphatic hydroxyl groups is 1. The number of aliphatic hydroxyl groups excluding tert-OH is 1. The molecule has 2 saturated heterocycles. The number of hydrogen-bond donors (Lipinski definition) is 2. The van der Waals surface area contributed by atoms with Crippen LogP contribution < -0.4 is 10.2 Å². The number of halogens is 1. The maximum atomic E-state index is 14.6. The Morgan fingerprint density at radius 3 is 2.67 bits per heavy atom. The molecule has 0 spiro atoms. The number of fused-ring (bicyclic) bond motifs is 1. The SMILES string of the molecule is O=C(CO)NC[C@H]1CN(c2ccc([C@H]3[C@@H]4CS(=O)(=O)C[C@@H]43)c(F)c2)C(=O)O1. The Kier molecular flexibility index (Phi) is 4.34. The molecule has 10 heteroatoms. The fourth-order valence-corrected chi connectivity index (χ4v) is 6.31. The molecule has 1 aliphatic carbocycles. The highest BCUT2D eigenvalue weighted by Crippen LogP contribution is 2.59. The molecule has 4 rings (SSSR count). The number of ether oxygens (including phenoxy) is 1. The quantitative estimate of drug-likeness (QED) is 0.723. The molecule has 3 aliphatic rings. The van der Waals surface area contributed by atoms with Crippen molar-refractivity contribution in [2.45, 2.75) is 12.0 Å². The predicted octanol–water partition coefficient (Wildman–Crippen LogP) is 0.0174. The zero-order chi connectivity index (χ0) is 19.3. The molecule has 2 heterocycles. The Balaban J connectivity index is 1.43. The minimum Gasteiger partial charge on any atom is -0.442 e. The highest BCUT2D eigenvalue weighted by molar-refractivity contribution is 7.91. The lowest BCUT2D eigenvalue weighted by Crippen LogP contribution is -2.36. The van der Waals surface area contributed by atoms with Gasteiger partial charge < -0.3 is 15.2 Å². The zero-order valence-corrected chi connectivity index (χ0v) is 15.1. The Morgan fingerprint density at radius 2 is 2.04 bits per heavy atom. The zero-order valence-electron chi connectivity index (χ0n) is 14.3. The third-order valence-corrected chi connectivity index (χ3v) is 7.21. The lowest BCUT2D eigenvalue weighted by Gasteiger charge is -2.15. The van der Waals surface area contributed by atoms with E-state index in [0.29, 0.717) is 11.3 Å². The number of nitrogens with zero attached hydrogens (tertiary/aromatic N) is 1. The Morgan fingerprint density at radius 1 is 1.33 bits per heavy atom. The molecule has 27 heavy (non-hydrogen) atoms. The van der Waals surface area contributed by atoms with Crippen LogP contribution in [-0.4, -0.2) is 62.8 Å². The van der Waals surface area contributed by atoms with Crippen LogP contribution in [0.25, 0.3) is 0 Å². The standard InChI is InChI=1S/C17H19FN2O6S/c18-14-3-9(20-5-10(26-17(20)23)4-19-15(22)6-21)1-2-11(14)16-12-7-27(24,25)8-13(12)16/h1-3,10,12-13,16,21H,4-8H2,(H,19,22)/t10-,12-,13+,16+/m0/s1. The second kappa shape index (κ2) is 6.45. The molecule has 3 fully saturated rings. The first-order chi connectivity index (χ1) is 12.8. The van der Waals surface area contributed by atoms with E-state index in [2.05, 4.69) is 5.32 Å². The molecule has 4 atom stereocenters. The third kappa shape index (κ3) is 3.39. The van der Waals surface area contributed by atoms with Crippen molar-refractivity contribution in [3.63, 3.8) is 0 Å². The number of amides is 2. The minimum absolute atomic E-state index is 0.00776. The summed E-state index contributed by atoms with van der Waals surface area (Å²) in [5.41, 5.74) is 0.832. The van der Waals surface area contributed by atoms with Crippen molar-refractivity contribution >= 4 is 27.5 Å². The van der Waals surface area contributed by atoms with Gasteiger partial charge in [0.05, 0.1) is 30.3 Å². The van der Waals surface area contributed by atoms with E-state index in [4.69, 9.17) is 9.84 Å². The van der Waals surface area contributed by atoms with E-state index < -0.39 is 40.4 Å². The minimum atomic E-state index is -2.99. The second-order valence-corrected chi connectivity index (χ2v) is 9.37. The van der Waals surface area contributed by atoms with Crippen LogP contribution in [0.15, 0.2) is 18.2 Å². The van der Waals surface area contributed by atoms with Gasteiger partial charge in [-0.15, -0.1) is 0 Å². The van der Waals surface area contributed by atoms with Gasteiger partial charge in [-0.1, -0.05) is 6.07 Å². The van der Waals surface area contributed by atoms with Gasteiger partial charge in [-0.3, -0.25) is 9.69 Å². The smallest absolute Gasteiger partial charge is 0.414 e. The molecule has 0 bridgehead atoms. The molecule has 0 unspecified atom stereocenters. The molecule has 0 radical (unpaired) electrons. The molecule has 2 amide bonds. The molecule has 0 aromatic heterocycles. The van der Waals surface area contributed by atoms with Crippen molar-refractivity contribution in [2.75, 3.05) is 36.1 Å². The fraction of sp³-hybridized carbons (Fsp3) is 0.529. The summed E-state index contributed by atoms with van der Waals surface area (Å²) in [6.45, 7) is -0.445. The molecule has 1 aromatic carbocycles. The maximum absolute atomic E-state index is 14.6. The van der Waals surface area contributed by atoms with Gasteiger partial charge in [0.2, 0.25) is 5.91 Å². The van der Waals surface area contributed by atoms with Gasteiger partial charge in [-0.05, 0) is 35.4 Å². The van der Waals surface area contributed by atoms with Crippen molar-refractivity contribution in [2.24, 2.45) is 11.8 Å². The number of carbonyl (C=O) groups is 2. The van der Waals surface area contributed by atoms with Crippen molar-refractivity contribution < 1.29 is 32.2 Å². The first-order valence-corrected chi connectivity index (χ1v) is 10.5. The number of cyclic esters (lactones) is 1. The maximum Gasteiger partial charge on any atom is 0.414 e. The van der Waals surface area contributed by atoms with Gasteiger partial charge in [-0.25, -0.2) is 17.6 Å². The number of benzene rings is 1. The van der Waals surface area contributed by atoms with Crippen LogP contribution in [0.2, 0.25) is 0 Å². The fourth-order valence-electron chi connectivity index (χ4n) is 4.09. The van der Waals surface area contributed by atoms with Gasteiger partial charge in [-0.2, -0.15) is 0 Å². The summed E-state index contributed by atoms with van der Waals surface area (Å²) in [5.74, 6) is -0.898. The van der Waals surface area contributed by atoms with E-state index in [-0.39, 0.29) is 42.3 Å². The molecular weight excluding hydrogens is 379 g/mol. The molecule has 146 valence electrons. The van der Waals surface area contributed by atoms with Crippen molar-refractivity contribution in [3.8, 4) is 0 Å². The van der Waals surface area contributed by atoms with Crippen LogP contribution >= 0.6 is 0 Å². The van der Waals surface area contributed by atoms with Gasteiger partial charge in [0.1, 0.15) is 18.5 Å². The Labute approximate surface area is 155 Å². The molecular formula is C17H19FN2O6S. The molecule has 2 N–H and O–H groups in total. The van der Waals surface area contributed by atoms with Crippen LogP contribution in [0.1, 0.15) is 11.5 Å². The van der Waals surface area contributed by atoms with Crippen molar-refractivity contribution in [1.29, 1.82) is 0 Å². The number of carbonyl (C=O) groups excluding carboxylic acids is 2. The van der Waals surface area contributed by atoms with Gasteiger partial charge >= 0.3 is 6.09 Å². The van der Waals surface area contributed by atoms with Crippen LogP contribution in [0.4, 0.5) is 14.9 Å². The average Bonchev–Trinajstić information content (AvgIpc) is 2.95. The first-order valence-electron chi connectivity index (χ1n) is 8.64. The van der Waals surface area contributed by atoms with E-state index in [1.54, 1.807) is 12.1 Å². The lowest BCUT2D eigenvalue weighted by molar-refractivity contribution is -0.124. The summed E-state index contributed by atoms with van der Waals surface area (Å²) in [5, 5.41) is 11.1. The highest BCUT2D eigenvalue weighted by Gasteiger charge is 2.59. The average molecular weight is 398 g/mol. The Hall–Kier alpha value is -2.20. The molecule has 1 aromatic rings. The number of anilines is 1. The van der Waals surface area contributed by atoms with Gasteiger partial charge in [0.25, 0.3) is 0 Å². The first kappa shape index (κ1) is 18.2. The topological polar surface area (TPSA) is 113 Å². The molecule has 2 aliphatic heterocycles. The largest absolute Gasteiger partial charge is 0.442 e. The number of nitrogens with one attached hydrogen (secondary N) is 1. The summed E-state index contributed by atoms with van der Waals surface area (Å²) in [4.78, 5) is 24.4. The summed E-state index contributed by atoms with van der Waals surface area (Å²) in [6.07, 6.45) is -1.23. The van der Waals surface area contributed by atoms with E-state index in [0.717, 1.165) is 0 Å². The van der Waals surface area contributed by atoms with Crippen LogP contribution in [0.3, 0.4) is 0 Å². The number of hydrogen-bond acceptors (Lipinski definition) is 6. The molecule has 1 saturated carbocycles. The second-order valence-electron chi connectivity index (χ2n) is 7.21. The summed E-state index contributed by atoms with van der Waals surface area (Å²) in [6, 6.07) is 4.49. The van der Waals surface area contributed by atoms with E-state index in [1.165, 1.54) is 11.0 Å². The predicted molar refractivity (Wildman–Crippen MR) is 92.5 cm³/mol. The summed E-state index contributed by atoms with van der Waals surface area (Å²) >= 11 is 0. The summed E-state index contributed by atoms with van der Waals surface area (Å²) < 4.78 is 42.8. The number of rotatable bonds is 5.